The molecule has 9 nitrogen and oxygen atoms in total. The van der Waals surface area contributed by atoms with Gasteiger partial charge in [-0.05, 0) is 42.3 Å². The second kappa shape index (κ2) is 11.2. The summed E-state index contributed by atoms with van der Waals surface area (Å²) < 4.78 is 29.0. The summed E-state index contributed by atoms with van der Waals surface area (Å²) in [5.74, 6) is -0.144. The van der Waals surface area contributed by atoms with Crippen LogP contribution >= 0.6 is 11.6 Å². The Morgan fingerprint density at radius 1 is 1.05 bits per heavy atom. The lowest BCUT2D eigenvalue weighted by atomic mass is 9.97. The number of rotatable bonds is 6. The fourth-order valence-corrected chi connectivity index (χ4v) is 5.94. The second-order valence-electron chi connectivity index (χ2n) is 10.4. The standard InChI is InChI=1S/C30H31ClFN5O4/c1-34-6-11-37(30(34)39)26-4-3-19(13-25(26)31)23-15-21(32)16-24(28(23)38)20-14-27(29(40-2)33-17-20)36-9-7-35(8-10-36)22-5-12-41-18-22/h3-4,6,11,13-17,22,38H,5,7-10,12,18H2,1-2H3. The first-order valence-corrected chi connectivity index (χ1v) is 13.9. The van der Waals surface area contributed by atoms with Crippen LogP contribution in [0.4, 0.5) is 10.1 Å². The van der Waals surface area contributed by atoms with Gasteiger partial charge in [-0.1, -0.05) is 17.7 Å². The maximum Gasteiger partial charge on any atom is 0.332 e. The lowest BCUT2D eigenvalue weighted by molar-refractivity contribution is 0.139. The molecule has 2 aromatic carbocycles. The molecule has 11 heteroatoms. The van der Waals surface area contributed by atoms with Crippen molar-refractivity contribution in [2.45, 2.75) is 12.5 Å². The van der Waals surface area contributed by atoms with Gasteiger partial charge >= 0.3 is 5.69 Å². The van der Waals surface area contributed by atoms with Gasteiger partial charge in [0, 0.05) is 81.2 Å². The number of phenolic OH excluding ortho intramolecular Hbond substituents is 1. The van der Waals surface area contributed by atoms with E-state index in [1.54, 1.807) is 50.9 Å². The van der Waals surface area contributed by atoms with E-state index in [0.717, 1.165) is 51.5 Å². The highest BCUT2D eigenvalue weighted by Crippen LogP contribution is 2.42. The number of benzene rings is 2. The molecular weight excluding hydrogens is 549 g/mol. The number of piperazine rings is 1. The van der Waals surface area contributed by atoms with Crippen LogP contribution < -0.4 is 15.3 Å². The van der Waals surface area contributed by atoms with Gasteiger partial charge in [0.25, 0.3) is 0 Å². The first kappa shape index (κ1) is 27.3. The van der Waals surface area contributed by atoms with Crippen LogP contribution in [0.1, 0.15) is 6.42 Å². The number of ether oxygens (including phenoxy) is 2. The largest absolute Gasteiger partial charge is 0.507 e. The number of phenols is 1. The molecule has 2 aromatic heterocycles. The summed E-state index contributed by atoms with van der Waals surface area (Å²) in [4.78, 5) is 21.6. The van der Waals surface area contributed by atoms with Crippen molar-refractivity contribution in [1.82, 2.24) is 19.0 Å². The number of aromatic hydroxyl groups is 1. The van der Waals surface area contributed by atoms with E-state index < -0.39 is 5.82 Å². The SMILES string of the molecule is COc1ncc(-c2cc(F)cc(-c3ccc(-n4ccn(C)c4=O)c(Cl)c3)c2O)cc1N1CCN(C2CCOC2)CC1. The zero-order valence-electron chi connectivity index (χ0n) is 22.9. The summed E-state index contributed by atoms with van der Waals surface area (Å²) in [6.07, 6.45) is 5.89. The smallest absolute Gasteiger partial charge is 0.332 e. The Balaban J connectivity index is 1.32. The minimum absolute atomic E-state index is 0.101. The van der Waals surface area contributed by atoms with E-state index >= 15 is 4.39 Å². The molecular formula is C30H31ClFN5O4. The van der Waals surface area contributed by atoms with Crippen molar-refractivity contribution in [1.29, 1.82) is 0 Å². The Hall–Kier alpha value is -3.86. The number of halogens is 2. The molecule has 6 rings (SSSR count). The van der Waals surface area contributed by atoms with Gasteiger partial charge in [-0.3, -0.25) is 9.47 Å². The van der Waals surface area contributed by atoms with E-state index in [1.807, 2.05) is 6.07 Å². The topological polar surface area (TPSA) is 85.0 Å². The van der Waals surface area contributed by atoms with Gasteiger partial charge in [-0.25, -0.2) is 14.2 Å². The number of aryl methyl sites for hydroxylation is 1. The van der Waals surface area contributed by atoms with Gasteiger partial charge < -0.3 is 24.0 Å². The van der Waals surface area contributed by atoms with Gasteiger partial charge in [-0.15, -0.1) is 0 Å². The molecule has 2 aliphatic heterocycles. The predicted octanol–water partition coefficient (Wildman–Crippen LogP) is 4.32. The molecule has 1 N–H and O–H groups in total. The van der Waals surface area contributed by atoms with Crippen LogP contribution in [0, 0.1) is 5.82 Å². The normalized spacial score (nSPS) is 17.8. The van der Waals surface area contributed by atoms with Crippen molar-refractivity contribution >= 4 is 17.3 Å². The van der Waals surface area contributed by atoms with Crippen LogP contribution in [-0.2, 0) is 11.8 Å². The number of hydrogen-bond acceptors (Lipinski definition) is 7. The molecule has 1 unspecified atom stereocenters. The summed E-state index contributed by atoms with van der Waals surface area (Å²) in [5, 5.41) is 11.7. The highest BCUT2D eigenvalue weighted by molar-refractivity contribution is 6.32. The lowest BCUT2D eigenvalue weighted by Crippen LogP contribution is -2.50. The minimum Gasteiger partial charge on any atom is -0.507 e. The third kappa shape index (κ3) is 5.18. The number of pyridine rings is 1. The summed E-state index contributed by atoms with van der Waals surface area (Å²) in [5.41, 5.74) is 2.68. The summed E-state index contributed by atoms with van der Waals surface area (Å²) in [6.45, 7) is 4.94. The minimum atomic E-state index is -0.517. The fourth-order valence-electron chi connectivity index (χ4n) is 5.67. The predicted molar refractivity (Wildman–Crippen MR) is 156 cm³/mol. The molecule has 0 amide bonds. The molecule has 0 saturated carbocycles. The first-order chi connectivity index (χ1) is 19.8. The highest BCUT2D eigenvalue weighted by atomic mass is 35.5. The maximum absolute atomic E-state index is 15.0. The van der Waals surface area contributed by atoms with Gasteiger partial charge in [0.2, 0.25) is 5.88 Å². The molecule has 2 saturated heterocycles. The summed E-state index contributed by atoms with van der Waals surface area (Å²) in [7, 11) is 3.23. The van der Waals surface area contributed by atoms with Crippen LogP contribution in [0.2, 0.25) is 5.02 Å². The average molecular weight is 580 g/mol. The van der Waals surface area contributed by atoms with Crippen molar-refractivity contribution in [3.8, 4) is 39.6 Å². The first-order valence-electron chi connectivity index (χ1n) is 13.5. The van der Waals surface area contributed by atoms with Crippen molar-refractivity contribution in [2.24, 2.45) is 7.05 Å². The van der Waals surface area contributed by atoms with Crippen molar-refractivity contribution in [3.63, 3.8) is 0 Å². The third-order valence-corrected chi connectivity index (χ3v) is 8.26. The van der Waals surface area contributed by atoms with Crippen LogP contribution in [0.15, 0.2) is 59.8 Å². The molecule has 214 valence electrons. The number of hydrogen-bond donors (Lipinski definition) is 1. The number of nitrogens with zero attached hydrogens (tertiary/aromatic N) is 5. The number of methoxy groups -OCH3 is 1. The monoisotopic (exact) mass is 579 g/mol. The van der Waals surface area contributed by atoms with E-state index in [0.29, 0.717) is 34.3 Å². The lowest BCUT2D eigenvalue weighted by Gasteiger charge is -2.38. The molecule has 0 spiro atoms. The molecule has 4 heterocycles. The summed E-state index contributed by atoms with van der Waals surface area (Å²) in [6, 6.07) is 9.89. The molecule has 41 heavy (non-hydrogen) atoms. The molecule has 0 bridgehead atoms. The van der Waals surface area contributed by atoms with Crippen LogP contribution in [-0.4, -0.2) is 76.7 Å². The molecule has 0 aliphatic carbocycles. The zero-order chi connectivity index (χ0) is 28.7. The second-order valence-corrected chi connectivity index (χ2v) is 10.8. The van der Waals surface area contributed by atoms with Crippen molar-refractivity contribution in [2.75, 3.05) is 51.4 Å². The quantitative estimate of drug-likeness (QED) is 0.364. The van der Waals surface area contributed by atoms with Gasteiger partial charge in [0.15, 0.2) is 0 Å². The Labute approximate surface area is 241 Å². The van der Waals surface area contributed by atoms with E-state index in [9.17, 15) is 9.90 Å². The number of anilines is 1. The van der Waals surface area contributed by atoms with Crippen molar-refractivity contribution in [3.05, 3.63) is 76.3 Å². The maximum atomic E-state index is 15.0. The zero-order valence-corrected chi connectivity index (χ0v) is 23.6. The molecule has 0 radical (unpaired) electrons. The number of aromatic nitrogens is 3. The Kier molecular flexibility index (Phi) is 7.46. The van der Waals surface area contributed by atoms with E-state index in [1.165, 1.54) is 21.3 Å². The Morgan fingerprint density at radius 3 is 2.44 bits per heavy atom. The van der Waals surface area contributed by atoms with Gasteiger partial charge in [0.05, 0.1) is 24.4 Å². The fraction of sp³-hybridized carbons (Fsp3) is 0.333. The third-order valence-electron chi connectivity index (χ3n) is 7.95. The van der Waals surface area contributed by atoms with E-state index in [-0.39, 0.29) is 22.0 Å². The molecule has 1 atom stereocenters. The van der Waals surface area contributed by atoms with E-state index in [2.05, 4.69) is 14.8 Å². The Bertz CT molecular complexity index is 1640. The van der Waals surface area contributed by atoms with Gasteiger partial charge in [0.1, 0.15) is 17.3 Å². The molecule has 2 fully saturated rings. The van der Waals surface area contributed by atoms with Crippen LogP contribution in [0.3, 0.4) is 0 Å². The van der Waals surface area contributed by atoms with Crippen molar-refractivity contribution < 1.29 is 19.0 Å². The Morgan fingerprint density at radius 2 is 1.80 bits per heavy atom. The van der Waals surface area contributed by atoms with E-state index in [4.69, 9.17) is 21.1 Å². The molecule has 2 aliphatic rings. The highest BCUT2D eigenvalue weighted by Gasteiger charge is 2.28. The average Bonchev–Trinajstić information content (AvgIpc) is 3.64. The molecule has 4 aromatic rings. The van der Waals surface area contributed by atoms with Crippen LogP contribution in [0.5, 0.6) is 11.6 Å². The number of imidazole rings is 1. The summed E-state index contributed by atoms with van der Waals surface area (Å²) >= 11 is 6.55. The van der Waals surface area contributed by atoms with Crippen LogP contribution in [0.25, 0.3) is 27.9 Å². The van der Waals surface area contributed by atoms with Gasteiger partial charge in [-0.2, -0.15) is 0 Å².